The van der Waals surface area contributed by atoms with Crippen LogP contribution in [-0.4, -0.2) is 33.9 Å². The molecular formula is C14H15NO4S. The number of thioether (sulfide) groups is 1. The maximum Gasteiger partial charge on any atom is 0.270 e. The fourth-order valence-corrected chi connectivity index (χ4v) is 2.25. The van der Waals surface area contributed by atoms with E-state index in [1.54, 1.807) is 12.1 Å². The molecule has 0 aromatic heterocycles. The van der Waals surface area contributed by atoms with Gasteiger partial charge in [0, 0.05) is 34.8 Å². The lowest BCUT2D eigenvalue weighted by molar-refractivity contribution is -0.384. The average Bonchev–Trinajstić information content (AvgIpc) is 2.46. The van der Waals surface area contributed by atoms with Crippen LogP contribution >= 0.6 is 11.8 Å². The van der Waals surface area contributed by atoms with Gasteiger partial charge in [0.1, 0.15) is 0 Å². The lowest BCUT2D eigenvalue weighted by Crippen LogP contribution is -2.07. The number of ketones is 1. The summed E-state index contributed by atoms with van der Waals surface area (Å²) in [6.07, 6.45) is 3.09. The van der Waals surface area contributed by atoms with Crippen molar-refractivity contribution in [2.24, 2.45) is 0 Å². The number of aliphatic hydroxyl groups excluding tert-OH is 1. The Morgan fingerprint density at radius 3 is 2.85 bits per heavy atom. The lowest BCUT2D eigenvalue weighted by Gasteiger charge is -2.06. The Labute approximate surface area is 121 Å². The van der Waals surface area contributed by atoms with Crippen LogP contribution in [0.4, 0.5) is 5.69 Å². The number of nitro benzene ring substituents is 1. The van der Waals surface area contributed by atoms with Crippen molar-refractivity contribution < 1.29 is 14.8 Å². The molecule has 20 heavy (non-hydrogen) atoms. The number of non-ortho nitro benzene ring substituents is 1. The van der Waals surface area contributed by atoms with Crippen LogP contribution in [0.1, 0.15) is 10.4 Å². The predicted octanol–water partition coefficient (Wildman–Crippen LogP) is 2.62. The molecule has 0 fully saturated rings. The Bertz CT molecular complexity index is 540. The Morgan fingerprint density at radius 2 is 2.25 bits per heavy atom. The van der Waals surface area contributed by atoms with Crippen molar-refractivity contribution in [3.8, 4) is 0 Å². The van der Waals surface area contributed by atoms with Crippen LogP contribution in [0.5, 0.6) is 0 Å². The maximum absolute atomic E-state index is 12.3. The van der Waals surface area contributed by atoms with Gasteiger partial charge in [-0.15, -0.1) is 0 Å². The first kappa shape index (κ1) is 16.1. The van der Waals surface area contributed by atoms with Gasteiger partial charge in [-0.05, 0) is 0 Å². The molecule has 0 saturated carbocycles. The van der Waals surface area contributed by atoms with E-state index in [0.717, 1.165) is 0 Å². The summed E-state index contributed by atoms with van der Waals surface area (Å²) in [5.74, 6) is 0.684. The summed E-state index contributed by atoms with van der Waals surface area (Å²) in [6.45, 7) is 3.59. The Hall–Kier alpha value is -1.92. The van der Waals surface area contributed by atoms with Gasteiger partial charge in [-0.1, -0.05) is 30.9 Å². The van der Waals surface area contributed by atoms with Crippen molar-refractivity contribution in [3.05, 3.63) is 64.2 Å². The number of hydrogen-bond acceptors (Lipinski definition) is 5. The number of benzene rings is 1. The highest BCUT2D eigenvalue weighted by molar-refractivity contribution is 7.99. The predicted molar refractivity (Wildman–Crippen MR) is 80.1 cm³/mol. The summed E-state index contributed by atoms with van der Waals surface area (Å²) in [5, 5.41) is 19.5. The molecule has 106 valence electrons. The van der Waals surface area contributed by atoms with Gasteiger partial charge in [-0.3, -0.25) is 14.9 Å². The zero-order valence-corrected chi connectivity index (χ0v) is 11.6. The zero-order chi connectivity index (χ0) is 15.0. The summed E-state index contributed by atoms with van der Waals surface area (Å²) >= 11 is 1.41. The van der Waals surface area contributed by atoms with E-state index in [1.807, 2.05) is 0 Å². The number of nitrogens with zero attached hydrogens (tertiary/aromatic N) is 1. The van der Waals surface area contributed by atoms with E-state index in [0.29, 0.717) is 17.1 Å². The van der Waals surface area contributed by atoms with Crippen LogP contribution in [0.2, 0.25) is 0 Å². The van der Waals surface area contributed by atoms with E-state index < -0.39 is 4.92 Å². The number of rotatable bonds is 8. The van der Waals surface area contributed by atoms with Crippen molar-refractivity contribution in [2.45, 2.75) is 0 Å². The SMILES string of the molecule is C=C/C=C(\CSCCO)C(=O)c1cccc([N+](=O)[O-])c1. The molecule has 0 saturated heterocycles. The lowest BCUT2D eigenvalue weighted by atomic mass is 10.0. The Balaban J connectivity index is 2.94. The van der Waals surface area contributed by atoms with Crippen LogP contribution in [0, 0.1) is 10.1 Å². The molecule has 0 amide bonds. The van der Waals surface area contributed by atoms with E-state index in [9.17, 15) is 14.9 Å². The summed E-state index contributed by atoms with van der Waals surface area (Å²) in [6, 6.07) is 5.63. The highest BCUT2D eigenvalue weighted by atomic mass is 32.2. The second-order valence-electron chi connectivity index (χ2n) is 3.84. The van der Waals surface area contributed by atoms with E-state index >= 15 is 0 Å². The van der Waals surface area contributed by atoms with Crippen molar-refractivity contribution in [1.82, 2.24) is 0 Å². The molecule has 6 heteroatoms. The molecule has 5 nitrogen and oxygen atoms in total. The minimum atomic E-state index is -0.534. The number of carbonyl (C=O) groups is 1. The molecule has 1 rings (SSSR count). The fraction of sp³-hybridized carbons (Fsp3) is 0.214. The molecule has 1 aromatic carbocycles. The van der Waals surface area contributed by atoms with E-state index in [-0.39, 0.29) is 23.6 Å². The number of carbonyl (C=O) groups excluding carboxylic acids is 1. The van der Waals surface area contributed by atoms with Gasteiger partial charge < -0.3 is 5.11 Å². The number of Topliss-reactive ketones (excluding diaryl/α,β-unsaturated/α-hetero) is 1. The molecule has 0 aliphatic rings. The summed E-state index contributed by atoms with van der Waals surface area (Å²) in [7, 11) is 0. The molecule has 0 aliphatic carbocycles. The second-order valence-corrected chi connectivity index (χ2v) is 4.95. The normalized spacial score (nSPS) is 11.2. The standard InChI is InChI=1S/C14H15NO4S/c1-2-4-12(10-20-8-7-16)14(17)11-5-3-6-13(9-11)15(18)19/h2-6,9,16H,1,7-8,10H2/b12-4+. The third-order valence-corrected chi connectivity index (χ3v) is 3.41. The molecular weight excluding hydrogens is 278 g/mol. The van der Waals surface area contributed by atoms with Gasteiger partial charge >= 0.3 is 0 Å². The minimum absolute atomic E-state index is 0.0387. The third-order valence-electron chi connectivity index (χ3n) is 2.42. The first-order valence-electron chi connectivity index (χ1n) is 5.89. The molecule has 1 aromatic rings. The number of allylic oxidation sites excluding steroid dienone is 2. The van der Waals surface area contributed by atoms with Crippen molar-refractivity contribution in [1.29, 1.82) is 0 Å². The first-order valence-corrected chi connectivity index (χ1v) is 7.05. The number of aliphatic hydroxyl groups is 1. The summed E-state index contributed by atoms with van der Waals surface area (Å²) in [4.78, 5) is 22.5. The van der Waals surface area contributed by atoms with Crippen LogP contribution < -0.4 is 0 Å². The monoisotopic (exact) mass is 293 g/mol. The Morgan fingerprint density at radius 1 is 1.50 bits per heavy atom. The summed E-state index contributed by atoms with van der Waals surface area (Å²) < 4.78 is 0. The van der Waals surface area contributed by atoms with Gasteiger partial charge in [0.05, 0.1) is 11.5 Å². The minimum Gasteiger partial charge on any atom is -0.396 e. The van der Waals surface area contributed by atoms with Crippen LogP contribution in [0.3, 0.4) is 0 Å². The van der Waals surface area contributed by atoms with Crippen molar-refractivity contribution in [3.63, 3.8) is 0 Å². The molecule has 0 heterocycles. The maximum atomic E-state index is 12.3. The first-order chi connectivity index (χ1) is 9.60. The van der Waals surface area contributed by atoms with Gasteiger partial charge in [-0.2, -0.15) is 11.8 Å². The smallest absolute Gasteiger partial charge is 0.270 e. The highest BCUT2D eigenvalue weighted by Crippen LogP contribution is 2.18. The highest BCUT2D eigenvalue weighted by Gasteiger charge is 2.15. The van der Waals surface area contributed by atoms with E-state index in [4.69, 9.17) is 5.11 Å². The zero-order valence-electron chi connectivity index (χ0n) is 10.8. The van der Waals surface area contributed by atoms with E-state index in [2.05, 4.69) is 6.58 Å². The molecule has 0 unspecified atom stereocenters. The fourth-order valence-electron chi connectivity index (χ4n) is 1.52. The molecule has 0 atom stereocenters. The third kappa shape index (κ3) is 4.64. The molecule has 0 radical (unpaired) electrons. The van der Waals surface area contributed by atoms with Crippen LogP contribution in [0.15, 0.2) is 48.6 Å². The molecule has 1 N–H and O–H groups in total. The second kappa shape index (κ2) is 8.29. The van der Waals surface area contributed by atoms with Crippen molar-refractivity contribution >= 4 is 23.2 Å². The summed E-state index contributed by atoms with van der Waals surface area (Å²) in [5.41, 5.74) is 0.660. The van der Waals surface area contributed by atoms with Gasteiger partial charge in [0.15, 0.2) is 5.78 Å². The topological polar surface area (TPSA) is 80.4 Å². The van der Waals surface area contributed by atoms with Gasteiger partial charge in [-0.25, -0.2) is 0 Å². The van der Waals surface area contributed by atoms with Crippen molar-refractivity contribution in [2.75, 3.05) is 18.1 Å². The average molecular weight is 293 g/mol. The molecule has 0 bridgehead atoms. The number of nitro groups is 1. The van der Waals surface area contributed by atoms with Crippen LogP contribution in [-0.2, 0) is 0 Å². The van der Waals surface area contributed by atoms with Gasteiger partial charge in [0.2, 0.25) is 0 Å². The van der Waals surface area contributed by atoms with Crippen LogP contribution in [0.25, 0.3) is 0 Å². The number of hydrogen-bond donors (Lipinski definition) is 1. The largest absolute Gasteiger partial charge is 0.396 e. The van der Waals surface area contributed by atoms with Gasteiger partial charge in [0.25, 0.3) is 5.69 Å². The molecule has 0 spiro atoms. The molecule has 0 aliphatic heterocycles. The quantitative estimate of drug-likeness (QED) is 0.199. The van der Waals surface area contributed by atoms with E-state index in [1.165, 1.54) is 36.0 Å². The Kier molecular flexibility index (Phi) is 6.69.